The van der Waals surface area contributed by atoms with Crippen molar-refractivity contribution in [1.82, 2.24) is 10.6 Å². The first-order valence-corrected chi connectivity index (χ1v) is 8.87. The van der Waals surface area contributed by atoms with Gasteiger partial charge < -0.3 is 38.0 Å². The lowest BCUT2D eigenvalue weighted by molar-refractivity contribution is -0.142. The Morgan fingerprint density at radius 1 is 0.821 bits per heavy atom. The van der Waals surface area contributed by atoms with Crippen LogP contribution in [0.2, 0.25) is 0 Å². The molecule has 3 unspecified atom stereocenters. The van der Waals surface area contributed by atoms with E-state index in [1.807, 2.05) is 0 Å². The van der Waals surface area contributed by atoms with E-state index in [9.17, 15) is 29.1 Å². The molecule has 10 N–H and O–H groups in total. The predicted octanol–water partition coefficient (Wildman–Crippen LogP) is -2.37. The molecule has 0 aromatic heterocycles. The minimum absolute atomic E-state index is 0.146. The lowest BCUT2D eigenvalue weighted by Gasteiger charge is -2.22. The summed E-state index contributed by atoms with van der Waals surface area (Å²) in [6.07, 6.45) is 0.331. The van der Waals surface area contributed by atoms with Crippen LogP contribution in [-0.2, 0) is 24.0 Å². The molecule has 0 radical (unpaired) electrons. The van der Waals surface area contributed by atoms with Gasteiger partial charge in [0.1, 0.15) is 12.1 Å². The third-order valence-electron chi connectivity index (χ3n) is 3.88. The first-order valence-electron chi connectivity index (χ1n) is 8.87. The minimum atomic E-state index is -1.25. The van der Waals surface area contributed by atoms with Gasteiger partial charge in [-0.3, -0.25) is 19.2 Å². The highest BCUT2D eigenvalue weighted by Gasteiger charge is 2.28. The SMILES string of the molecule is NCCCCC(NC(=O)C(CCC(N)=O)NC(=O)C(N)CCC(=O)O)C(=O)O. The second-order valence-electron chi connectivity index (χ2n) is 6.29. The maximum absolute atomic E-state index is 12.4. The van der Waals surface area contributed by atoms with E-state index in [1.165, 1.54) is 0 Å². The van der Waals surface area contributed by atoms with Crippen LogP contribution < -0.4 is 27.8 Å². The van der Waals surface area contributed by atoms with Crippen LogP contribution in [0, 0.1) is 0 Å². The lowest BCUT2D eigenvalue weighted by atomic mass is 10.1. The average Bonchev–Trinajstić information content (AvgIpc) is 2.61. The van der Waals surface area contributed by atoms with E-state index < -0.39 is 47.8 Å². The number of amides is 3. The fourth-order valence-corrected chi connectivity index (χ4v) is 2.27. The Hall–Kier alpha value is -2.73. The summed E-state index contributed by atoms with van der Waals surface area (Å²) in [5, 5.41) is 22.5. The number of hydrogen-bond acceptors (Lipinski definition) is 7. The van der Waals surface area contributed by atoms with Gasteiger partial charge in [0.15, 0.2) is 0 Å². The maximum atomic E-state index is 12.4. The van der Waals surface area contributed by atoms with E-state index in [0.29, 0.717) is 19.4 Å². The Labute approximate surface area is 162 Å². The second-order valence-corrected chi connectivity index (χ2v) is 6.29. The molecule has 3 amide bonds. The monoisotopic (exact) mass is 403 g/mol. The second kappa shape index (κ2) is 13.4. The number of unbranched alkanes of at least 4 members (excludes halogenated alkanes) is 1. The van der Waals surface area contributed by atoms with E-state index >= 15 is 0 Å². The summed E-state index contributed by atoms with van der Waals surface area (Å²) < 4.78 is 0. The van der Waals surface area contributed by atoms with Gasteiger partial charge >= 0.3 is 11.9 Å². The number of hydrogen-bond donors (Lipinski definition) is 7. The van der Waals surface area contributed by atoms with Gasteiger partial charge in [0.05, 0.1) is 6.04 Å². The van der Waals surface area contributed by atoms with Gasteiger partial charge in [-0.1, -0.05) is 0 Å². The summed E-state index contributed by atoms with van der Waals surface area (Å²) in [4.78, 5) is 57.4. The van der Waals surface area contributed by atoms with Crippen molar-refractivity contribution in [1.29, 1.82) is 0 Å². The molecule has 0 aromatic carbocycles. The third-order valence-corrected chi connectivity index (χ3v) is 3.88. The molecule has 28 heavy (non-hydrogen) atoms. The zero-order chi connectivity index (χ0) is 21.7. The van der Waals surface area contributed by atoms with Crippen LogP contribution in [0.1, 0.15) is 44.9 Å². The van der Waals surface area contributed by atoms with Crippen LogP contribution in [0.5, 0.6) is 0 Å². The number of nitrogens with one attached hydrogen (secondary N) is 2. The van der Waals surface area contributed by atoms with Crippen molar-refractivity contribution in [3.05, 3.63) is 0 Å². The van der Waals surface area contributed by atoms with Crippen LogP contribution >= 0.6 is 0 Å². The third kappa shape index (κ3) is 11.1. The van der Waals surface area contributed by atoms with Crippen LogP contribution in [0.4, 0.5) is 0 Å². The quantitative estimate of drug-likeness (QED) is 0.145. The van der Waals surface area contributed by atoms with Gasteiger partial charge in [-0.25, -0.2) is 4.79 Å². The molecular weight excluding hydrogens is 374 g/mol. The van der Waals surface area contributed by atoms with Crippen molar-refractivity contribution < 1.29 is 34.2 Å². The Balaban J connectivity index is 5.01. The molecule has 160 valence electrons. The zero-order valence-corrected chi connectivity index (χ0v) is 15.6. The van der Waals surface area contributed by atoms with Crippen molar-refractivity contribution in [3.8, 4) is 0 Å². The summed E-state index contributed by atoms with van der Waals surface area (Å²) >= 11 is 0. The van der Waals surface area contributed by atoms with E-state index in [2.05, 4.69) is 10.6 Å². The Morgan fingerprint density at radius 2 is 1.43 bits per heavy atom. The fraction of sp³-hybridized carbons (Fsp3) is 0.688. The number of nitrogens with two attached hydrogens (primary N) is 3. The number of carbonyl (C=O) groups excluding carboxylic acids is 3. The predicted molar refractivity (Wildman–Crippen MR) is 97.7 cm³/mol. The molecule has 0 aromatic rings. The molecule has 0 saturated carbocycles. The summed E-state index contributed by atoms with van der Waals surface area (Å²) in [5.41, 5.74) is 16.0. The lowest BCUT2D eigenvalue weighted by Crippen LogP contribution is -2.54. The molecule has 0 aliphatic heterocycles. The highest BCUT2D eigenvalue weighted by Crippen LogP contribution is 2.05. The molecule has 0 rings (SSSR count). The summed E-state index contributed by atoms with van der Waals surface area (Å²) in [6, 6.07) is -3.61. The molecule has 0 aliphatic rings. The largest absolute Gasteiger partial charge is 0.481 e. The fourth-order valence-electron chi connectivity index (χ4n) is 2.27. The van der Waals surface area contributed by atoms with E-state index in [0.717, 1.165) is 0 Å². The van der Waals surface area contributed by atoms with Gasteiger partial charge in [-0.2, -0.15) is 0 Å². The Kier molecular flexibility index (Phi) is 12.1. The molecule has 0 saturated heterocycles. The molecule has 3 atom stereocenters. The standard InChI is InChI=1S/C16H29N5O7/c17-8-2-1-3-11(16(27)28)21-15(26)10(5-6-12(19)22)20-14(25)9(18)4-7-13(23)24/h9-11H,1-8,17-18H2,(H2,19,22)(H,20,25)(H,21,26)(H,23,24)(H,27,28). The summed E-state index contributed by atoms with van der Waals surface area (Å²) in [5.74, 6) is -4.68. The van der Waals surface area contributed by atoms with Crippen molar-refractivity contribution in [2.24, 2.45) is 17.2 Å². The van der Waals surface area contributed by atoms with Crippen molar-refractivity contribution in [2.45, 2.75) is 63.1 Å². The molecule has 12 heteroatoms. The highest BCUT2D eigenvalue weighted by atomic mass is 16.4. The minimum Gasteiger partial charge on any atom is -0.481 e. The normalized spacial score (nSPS) is 13.8. The van der Waals surface area contributed by atoms with Crippen molar-refractivity contribution >= 4 is 29.7 Å². The van der Waals surface area contributed by atoms with Gasteiger partial charge in [-0.15, -0.1) is 0 Å². The van der Waals surface area contributed by atoms with Crippen molar-refractivity contribution in [2.75, 3.05) is 6.54 Å². The molecule has 0 heterocycles. The van der Waals surface area contributed by atoms with E-state index in [-0.39, 0.29) is 32.1 Å². The molecule has 0 bridgehead atoms. The number of carboxylic acid groups (broad SMARTS) is 2. The van der Waals surface area contributed by atoms with Gasteiger partial charge in [-0.05, 0) is 38.6 Å². The van der Waals surface area contributed by atoms with Crippen LogP contribution in [0.25, 0.3) is 0 Å². The summed E-state index contributed by atoms with van der Waals surface area (Å²) in [7, 11) is 0. The maximum Gasteiger partial charge on any atom is 0.326 e. The van der Waals surface area contributed by atoms with Gasteiger partial charge in [0.2, 0.25) is 17.7 Å². The number of primary amides is 1. The van der Waals surface area contributed by atoms with Gasteiger partial charge in [0, 0.05) is 12.8 Å². The number of carboxylic acids is 2. The Bertz CT molecular complexity index is 570. The molecular formula is C16H29N5O7. The van der Waals surface area contributed by atoms with Gasteiger partial charge in [0.25, 0.3) is 0 Å². The topological polar surface area (TPSA) is 228 Å². The molecule has 0 spiro atoms. The Morgan fingerprint density at radius 3 is 1.93 bits per heavy atom. The average molecular weight is 403 g/mol. The molecule has 12 nitrogen and oxygen atoms in total. The first-order chi connectivity index (χ1) is 13.1. The molecule has 0 aliphatic carbocycles. The number of aliphatic carboxylic acids is 2. The smallest absolute Gasteiger partial charge is 0.326 e. The van der Waals surface area contributed by atoms with Crippen molar-refractivity contribution in [3.63, 3.8) is 0 Å². The van der Waals surface area contributed by atoms with Crippen LogP contribution in [0.3, 0.4) is 0 Å². The van der Waals surface area contributed by atoms with Crippen LogP contribution in [-0.4, -0.2) is 64.5 Å². The number of carbonyl (C=O) groups is 5. The summed E-state index contributed by atoms with van der Waals surface area (Å²) in [6.45, 7) is 0.381. The van der Waals surface area contributed by atoms with E-state index in [1.54, 1.807) is 0 Å². The van der Waals surface area contributed by atoms with E-state index in [4.69, 9.17) is 22.3 Å². The molecule has 0 fully saturated rings. The highest BCUT2D eigenvalue weighted by molar-refractivity contribution is 5.92. The number of rotatable bonds is 15. The zero-order valence-electron chi connectivity index (χ0n) is 15.6. The first kappa shape index (κ1) is 25.3. The van der Waals surface area contributed by atoms with Crippen LogP contribution in [0.15, 0.2) is 0 Å².